The van der Waals surface area contributed by atoms with Gasteiger partial charge in [-0.3, -0.25) is 4.79 Å². The number of amides is 1. The first kappa shape index (κ1) is 16.1. The minimum atomic E-state index is -0.973. The van der Waals surface area contributed by atoms with Gasteiger partial charge in [-0.15, -0.1) is 11.3 Å². The predicted molar refractivity (Wildman–Crippen MR) is 81.5 cm³/mol. The molecule has 116 valence electrons. The fraction of sp³-hybridized carbons (Fsp3) is 0.267. The third kappa shape index (κ3) is 3.88. The van der Waals surface area contributed by atoms with E-state index in [-0.39, 0.29) is 0 Å². The van der Waals surface area contributed by atoms with Crippen molar-refractivity contribution >= 4 is 28.9 Å². The number of aryl methyl sites for hydroxylation is 2. The second kappa shape index (κ2) is 6.65. The van der Waals surface area contributed by atoms with Crippen LogP contribution in [0.5, 0.6) is 0 Å². The molecule has 1 amide bonds. The Balaban J connectivity index is 1.97. The molecule has 0 fully saturated rings. The molecule has 0 aliphatic heterocycles. The van der Waals surface area contributed by atoms with Crippen LogP contribution in [-0.2, 0) is 9.53 Å². The lowest BCUT2D eigenvalue weighted by Crippen LogP contribution is -2.29. The van der Waals surface area contributed by atoms with Gasteiger partial charge in [0.1, 0.15) is 10.7 Å². The van der Waals surface area contributed by atoms with Crippen molar-refractivity contribution in [2.45, 2.75) is 26.9 Å². The van der Waals surface area contributed by atoms with Crippen molar-refractivity contribution in [3.63, 3.8) is 0 Å². The molecule has 1 heterocycles. The number of hydrogen-bond acceptors (Lipinski definition) is 5. The highest BCUT2D eigenvalue weighted by Gasteiger charge is 2.22. The molecular formula is C15H15FN2O3S. The number of anilines is 1. The van der Waals surface area contributed by atoms with Crippen LogP contribution in [-0.4, -0.2) is 23.0 Å². The summed E-state index contributed by atoms with van der Waals surface area (Å²) in [6.45, 7) is 4.97. The Kier molecular flexibility index (Phi) is 4.87. The quantitative estimate of drug-likeness (QED) is 0.878. The third-order valence-electron chi connectivity index (χ3n) is 2.85. The van der Waals surface area contributed by atoms with E-state index in [1.807, 2.05) is 0 Å². The van der Waals surface area contributed by atoms with Gasteiger partial charge < -0.3 is 10.1 Å². The second-order valence-electron chi connectivity index (χ2n) is 4.69. The average Bonchev–Trinajstić information content (AvgIpc) is 2.80. The van der Waals surface area contributed by atoms with E-state index < -0.39 is 23.8 Å². The van der Waals surface area contributed by atoms with E-state index in [1.54, 1.807) is 13.8 Å². The number of nitrogens with zero attached hydrogens (tertiary/aromatic N) is 1. The van der Waals surface area contributed by atoms with E-state index in [2.05, 4.69) is 10.3 Å². The Morgan fingerprint density at radius 3 is 2.45 bits per heavy atom. The van der Waals surface area contributed by atoms with E-state index in [1.165, 1.54) is 42.5 Å². The van der Waals surface area contributed by atoms with Crippen LogP contribution < -0.4 is 5.32 Å². The second-order valence-corrected chi connectivity index (χ2v) is 5.89. The van der Waals surface area contributed by atoms with E-state index in [0.29, 0.717) is 16.3 Å². The number of nitrogens with one attached hydrogen (secondary N) is 1. The van der Waals surface area contributed by atoms with Gasteiger partial charge in [0, 0.05) is 5.69 Å². The van der Waals surface area contributed by atoms with Gasteiger partial charge in [0.2, 0.25) is 0 Å². The summed E-state index contributed by atoms with van der Waals surface area (Å²) in [7, 11) is 0. The minimum Gasteiger partial charge on any atom is -0.448 e. The lowest BCUT2D eigenvalue weighted by atomic mass is 10.3. The number of hydrogen-bond donors (Lipinski definition) is 1. The molecule has 0 saturated carbocycles. The van der Waals surface area contributed by atoms with E-state index >= 15 is 0 Å². The Morgan fingerprint density at radius 2 is 1.91 bits per heavy atom. The lowest BCUT2D eigenvalue weighted by molar-refractivity contribution is -0.123. The van der Waals surface area contributed by atoms with Gasteiger partial charge in [0.05, 0.1) is 10.7 Å². The van der Waals surface area contributed by atoms with Gasteiger partial charge in [-0.2, -0.15) is 0 Å². The smallest absolute Gasteiger partial charge is 0.351 e. The average molecular weight is 322 g/mol. The zero-order valence-electron chi connectivity index (χ0n) is 12.3. The summed E-state index contributed by atoms with van der Waals surface area (Å²) < 4.78 is 17.9. The molecule has 2 aromatic rings. The number of ether oxygens (including phenoxy) is 1. The maximum absolute atomic E-state index is 12.8. The van der Waals surface area contributed by atoms with Crippen molar-refractivity contribution in [2.75, 3.05) is 5.32 Å². The Bertz CT molecular complexity index is 697. The van der Waals surface area contributed by atoms with Crippen molar-refractivity contribution < 1.29 is 18.7 Å². The number of rotatable bonds is 4. The molecule has 0 aliphatic carbocycles. The Morgan fingerprint density at radius 1 is 1.27 bits per heavy atom. The van der Waals surface area contributed by atoms with Crippen molar-refractivity contribution in [2.24, 2.45) is 0 Å². The Labute approximate surface area is 131 Å². The van der Waals surface area contributed by atoms with Gasteiger partial charge >= 0.3 is 5.97 Å². The molecular weight excluding hydrogens is 307 g/mol. The summed E-state index contributed by atoms with van der Waals surface area (Å²) in [5, 5.41) is 3.31. The van der Waals surface area contributed by atoms with Crippen LogP contribution in [0.2, 0.25) is 0 Å². The van der Waals surface area contributed by atoms with Gasteiger partial charge in [0.25, 0.3) is 5.91 Å². The molecule has 0 bridgehead atoms. The highest BCUT2D eigenvalue weighted by Crippen LogP contribution is 2.19. The molecule has 1 N–H and O–H groups in total. The van der Waals surface area contributed by atoms with E-state index in [9.17, 15) is 14.0 Å². The maximum Gasteiger partial charge on any atom is 0.351 e. The summed E-state index contributed by atoms with van der Waals surface area (Å²) >= 11 is 1.22. The highest BCUT2D eigenvalue weighted by atomic mass is 32.1. The van der Waals surface area contributed by atoms with E-state index in [4.69, 9.17) is 4.74 Å². The highest BCUT2D eigenvalue weighted by molar-refractivity contribution is 7.13. The van der Waals surface area contributed by atoms with Crippen LogP contribution >= 0.6 is 11.3 Å². The number of carbonyl (C=O) groups excluding carboxylic acids is 2. The predicted octanol–water partition coefficient (Wildman–Crippen LogP) is 3.08. The SMILES string of the molecule is Cc1nc(C)c(C(=O)O[C@H](C)C(=O)Nc2ccc(F)cc2)s1. The van der Waals surface area contributed by atoms with Gasteiger partial charge in [-0.1, -0.05) is 0 Å². The molecule has 0 spiro atoms. The molecule has 1 atom stereocenters. The molecule has 7 heteroatoms. The zero-order valence-corrected chi connectivity index (χ0v) is 13.2. The van der Waals surface area contributed by atoms with Crippen LogP contribution in [0, 0.1) is 19.7 Å². The first-order valence-corrected chi connectivity index (χ1v) is 7.40. The number of thiazole rings is 1. The van der Waals surface area contributed by atoms with Crippen molar-refractivity contribution in [1.82, 2.24) is 4.98 Å². The standard InChI is InChI=1S/C15H15FN2O3S/c1-8-13(22-10(3)17-8)15(20)21-9(2)14(19)18-12-6-4-11(16)5-7-12/h4-7,9H,1-3H3,(H,18,19)/t9-/m1/s1. The summed E-state index contributed by atoms with van der Waals surface area (Å²) in [5.74, 6) is -1.46. The van der Waals surface area contributed by atoms with Crippen molar-refractivity contribution in [1.29, 1.82) is 0 Å². The number of carbonyl (C=O) groups is 2. The van der Waals surface area contributed by atoms with Crippen molar-refractivity contribution in [3.8, 4) is 0 Å². The van der Waals surface area contributed by atoms with Crippen LogP contribution in [0.1, 0.15) is 27.3 Å². The third-order valence-corrected chi connectivity index (χ3v) is 3.91. The van der Waals surface area contributed by atoms with Gasteiger partial charge in [0.15, 0.2) is 6.10 Å². The zero-order chi connectivity index (χ0) is 16.3. The van der Waals surface area contributed by atoms with Crippen molar-refractivity contribution in [3.05, 3.63) is 45.7 Å². The molecule has 1 aromatic heterocycles. The lowest BCUT2D eigenvalue weighted by Gasteiger charge is -2.13. The fourth-order valence-corrected chi connectivity index (χ4v) is 2.57. The fourth-order valence-electron chi connectivity index (χ4n) is 1.77. The molecule has 0 unspecified atom stereocenters. The van der Waals surface area contributed by atoms with E-state index in [0.717, 1.165) is 5.01 Å². The first-order chi connectivity index (χ1) is 10.4. The number of benzene rings is 1. The summed E-state index contributed by atoms with van der Waals surface area (Å²) in [4.78, 5) is 28.5. The topological polar surface area (TPSA) is 68.3 Å². The van der Waals surface area contributed by atoms with Crippen LogP contribution in [0.25, 0.3) is 0 Å². The first-order valence-electron chi connectivity index (χ1n) is 6.58. The maximum atomic E-state index is 12.8. The molecule has 0 aliphatic rings. The minimum absolute atomic E-state index is 0.388. The van der Waals surface area contributed by atoms with Crippen LogP contribution in [0.3, 0.4) is 0 Å². The molecule has 2 rings (SSSR count). The number of halogens is 1. The monoisotopic (exact) mass is 322 g/mol. The van der Waals surface area contributed by atoms with Crippen LogP contribution in [0.4, 0.5) is 10.1 Å². The molecule has 1 aromatic carbocycles. The molecule has 22 heavy (non-hydrogen) atoms. The number of esters is 1. The molecule has 0 saturated heterocycles. The van der Waals surface area contributed by atoms with Gasteiger partial charge in [-0.25, -0.2) is 14.2 Å². The molecule has 0 radical (unpaired) electrons. The molecule has 5 nitrogen and oxygen atoms in total. The largest absolute Gasteiger partial charge is 0.448 e. The normalized spacial score (nSPS) is 11.8. The van der Waals surface area contributed by atoms with Crippen LogP contribution in [0.15, 0.2) is 24.3 Å². The Hall–Kier alpha value is -2.28. The summed E-state index contributed by atoms with van der Waals surface area (Å²) in [5.41, 5.74) is 1.01. The summed E-state index contributed by atoms with van der Waals surface area (Å²) in [6.07, 6.45) is -0.973. The summed E-state index contributed by atoms with van der Waals surface area (Å²) in [6, 6.07) is 5.32. The number of aromatic nitrogens is 1. The van der Waals surface area contributed by atoms with Gasteiger partial charge in [-0.05, 0) is 45.0 Å².